The van der Waals surface area contributed by atoms with Crippen LogP contribution in [0.1, 0.15) is 35.3 Å². The molecule has 1 spiro atoms. The Bertz CT molecular complexity index is 953. The van der Waals surface area contributed by atoms with Crippen molar-refractivity contribution in [3.63, 3.8) is 0 Å². The average Bonchev–Trinajstić information content (AvgIpc) is 3.10. The Morgan fingerprint density at radius 3 is 2.21 bits per heavy atom. The minimum Gasteiger partial charge on any atom is -0.224 e. The molecule has 0 N–H and O–H groups in total. The summed E-state index contributed by atoms with van der Waals surface area (Å²) in [6, 6.07) is 9.55. The van der Waals surface area contributed by atoms with E-state index in [1.165, 1.54) is 47.1 Å². The number of allylic oxidation sites excluding steroid dienone is 4. The van der Waals surface area contributed by atoms with Gasteiger partial charge in [-0.05, 0) is 65.6 Å². The molecule has 0 bridgehead atoms. The third-order valence-corrected chi connectivity index (χ3v) is 7.24. The van der Waals surface area contributed by atoms with Gasteiger partial charge in [-0.2, -0.15) is 0 Å². The molecular formula is C20H20O2S2. The maximum absolute atomic E-state index is 11.7. The fourth-order valence-corrected chi connectivity index (χ4v) is 5.10. The van der Waals surface area contributed by atoms with Crippen molar-refractivity contribution < 1.29 is 8.42 Å². The molecule has 0 amide bonds. The molecule has 0 unspecified atom stereocenters. The fraction of sp³-hybridized carbons (Fsp3) is 0.300. The van der Waals surface area contributed by atoms with Crippen LogP contribution < -0.4 is 0 Å². The van der Waals surface area contributed by atoms with Gasteiger partial charge in [0.05, 0.1) is 4.90 Å². The molecule has 1 aromatic carbocycles. The maximum Gasteiger partial charge on any atom is 0.175 e. The number of aryl methyl sites for hydroxylation is 1. The molecule has 2 aliphatic carbocycles. The van der Waals surface area contributed by atoms with Gasteiger partial charge in [-0.3, -0.25) is 0 Å². The Labute approximate surface area is 147 Å². The summed E-state index contributed by atoms with van der Waals surface area (Å²) >= 11 is 1.78. The molecule has 0 atom stereocenters. The van der Waals surface area contributed by atoms with Gasteiger partial charge in [0.15, 0.2) is 9.84 Å². The highest BCUT2D eigenvalue weighted by molar-refractivity contribution is 7.90. The van der Waals surface area contributed by atoms with Crippen LogP contribution in [0.4, 0.5) is 0 Å². The number of hydrogen-bond acceptors (Lipinski definition) is 3. The lowest BCUT2D eigenvalue weighted by molar-refractivity contribution is 0.282. The fourth-order valence-electron chi connectivity index (χ4n) is 3.54. The van der Waals surface area contributed by atoms with E-state index in [1.807, 2.05) is 12.1 Å². The quantitative estimate of drug-likeness (QED) is 0.766. The lowest BCUT2D eigenvalue weighted by atomic mass is 9.70. The summed E-state index contributed by atoms with van der Waals surface area (Å²) in [4.78, 5) is 1.68. The molecule has 0 aliphatic heterocycles. The smallest absolute Gasteiger partial charge is 0.175 e. The lowest BCUT2D eigenvalue weighted by Crippen LogP contribution is -2.22. The largest absolute Gasteiger partial charge is 0.224 e. The average molecular weight is 357 g/mol. The second-order valence-electron chi connectivity index (χ2n) is 6.99. The van der Waals surface area contributed by atoms with E-state index in [4.69, 9.17) is 0 Å². The standard InChI is InChI=1S/C20H20O2S2/c1-14-10-19(23-13-14)18-12-20(8-3-9-20)11-17(18)15-4-6-16(7-5-15)24(2,21)22/h4-7,10-13H,3,8-9H2,1-2H3. The second kappa shape index (κ2) is 5.43. The molecular weight excluding hydrogens is 336 g/mol. The maximum atomic E-state index is 11.7. The molecule has 1 aromatic heterocycles. The van der Waals surface area contributed by atoms with Gasteiger partial charge < -0.3 is 0 Å². The van der Waals surface area contributed by atoms with Gasteiger partial charge >= 0.3 is 0 Å². The zero-order chi connectivity index (χ0) is 16.9. The highest BCUT2D eigenvalue weighted by Crippen LogP contribution is 2.54. The van der Waals surface area contributed by atoms with Crippen molar-refractivity contribution in [1.29, 1.82) is 0 Å². The highest BCUT2D eigenvalue weighted by Gasteiger charge is 2.38. The molecule has 2 nitrogen and oxygen atoms in total. The summed E-state index contributed by atoms with van der Waals surface area (Å²) in [5.41, 5.74) is 5.16. The van der Waals surface area contributed by atoms with Crippen LogP contribution in [0, 0.1) is 12.3 Å². The SMILES string of the molecule is Cc1csc(C2=CC3(C=C2c2ccc(S(C)(=O)=O)cc2)CCC3)c1. The van der Waals surface area contributed by atoms with E-state index in [-0.39, 0.29) is 5.41 Å². The molecule has 1 saturated carbocycles. The summed E-state index contributed by atoms with van der Waals surface area (Å²) in [5, 5.41) is 2.19. The van der Waals surface area contributed by atoms with E-state index in [2.05, 4.69) is 30.5 Å². The molecule has 1 heterocycles. The van der Waals surface area contributed by atoms with Gasteiger partial charge in [0.2, 0.25) is 0 Å². The van der Waals surface area contributed by atoms with E-state index in [1.54, 1.807) is 23.5 Å². The minimum absolute atomic E-state index is 0.220. The van der Waals surface area contributed by atoms with E-state index >= 15 is 0 Å². The van der Waals surface area contributed by atoms with E-state index in [0.29, 0.717) is 4.90 Å². The molecule has 0 radical (unpaired) electrons. The first-order valence-electron chi connectivity index (χ1n) is 8.18. The summed E-state index contributed by atoms with van der Waals surface area (Å²) in [7, 11) is -3.15. The van der Waals surface area contributed by atoms with Crippen molar-refractivity contribution in [2.75, 3.05) is 6.26 Å². The molecule has 4 rings (SSSR count). The van der Waals surface area contributed by atoms with Crippen LogP contribution in [0.2, 0.25) is 0 Å². The third kappa shape index (κ3) is 2.68. The van der Waals surface area contributed by atoms with Crippen molar-refractivity contribution in [3.8, 4) is 0 Å². The Hall–Kier alpha value is -1.65. The van der Waals surface area contributed by atoms with Crippen molar-refractivity contribution >= 4 is 32.3 Å². The predicted molar refractivity (Wildman–Crippen MR) is 101 cm³/mol. The van der Waals surface area contributed by atoms with Gasteiger partial charge in [-0.15, -0.1) is 11.3 Å². The Morgan fingerprint density at radius 1 is 1.04 bits per heavy atom. The summed E-state index contributed by atoms with van der Waals surface area (Å²) in [6.07, 6.45) is 9.79. The number of rotatable bonds is 3. The van der Waals surface area contributed by atoms with Crippen LogP contribution in [0.5, 0.6) is 0 Å². The van der Waals surface area contributed by atoms with Crippen LogP contribution in [-0.2, 0) is 9.84 Å². The van der Waals surface area contributed by atoms with Crippen LogP contribution >= 0.6 is 11.3 Å². The van der Waals surface area contributed by atoms with E-state index in [9.17, 15) is 8.42 Å². The number of benzene rings is 1. The molecule has 2 aromatic rings. The lowest BCUT2D eigenvalue weighted by Gasteiger charge is -2.34. The summed E-state index contributed by atoms with van der Waals surface area (Å²) in [5.74, 6) is 0. The third-order valence-electron chi connectivity index (χ3n) is 5.03. The van der Waals surface area contributed by atoms with Gasteiger partial charge in [0, 0.05) is 16.5 Å². The Kier molecular flexibility index (Phi) is 3.59. The summed E-state index contributed by atoms with van der Waals surface area (Å²) < 4.78 is 23.4. The number of thiophene rings is 1. The van der Waals surface area contributed by atoms with E-state index in [0.717, 1.165) is 5.56 Å². The van der Waals surface area contributed by atoms with Crippen molar-refractivity contribution in [2.45, 2.75) is 31.1 Å². The number of hydrogen-bond donors (Lipinski definition) is 0. The van der Waals surface area contributed by atoms with Crippen LogP contribution in [-0.4, -0.2) is 14.7 Å². The van der Waals surface area contributed by atoms with Crippen LogP contribution in [0.25, 0.3) is 11.1 Å². The highest BCUT2D eigenvalue weighted by atomic mass is 32.2. The van der Waals surface area contributed by atoms with Gasteiger partial charge in [-0.25, -0.2) is 8.42 Å². The van der Waals surface area contributed by atoms with Crippen LogP contribution in [0.3, 0.4) is 0 Å². The van der Waals surface area contributed by atoms with Crippen molar-refractivity contribution in [3.05, 3.63) is 63.9 Å². The zero-order valence-corrected chi connectivity index (χ0v) is 15.5. The predicted octanol–water partition coefficient (Wildman–Crippen LogP) is 5.11. The van der Waals surface area contributed by atoms with E-state index < -0.39 is 9.84 Å². The zero-order valence-electron chi connectivity index (χ0n) is 13.9. The van der Waals surface area contributed by atoms with Crippen molar-refractivity contribution in [2.24, 2.45) is 5.41 Å². The number of sulfone groups is 1. The van der Waals surface area contributed by atoms with Crippen molar-refractivity contribution in [1.82, 2.24) is 0 Å². The molecule has 1 fully saturated rings. The topological polar surface area (TPSA) is 34.1 Å². The molecule has 124 valence electrons. The molecule has 2 aliphatic rings. The van der Waals surface area contributed by atoms with Crippen LogP contribution in [0.15, 0.2) is 52.8 Å². The molecule has 0 saturated heterocycles. The summed E-state index contributed by atoms with van der Waals surface area (Å²) in [6.45, 7) is 2.12. The minimum atomic E-state index is -3.15. The molecule has 24 heavy (non-hydrogen) atoms. The van der Waals surface area contributed by atoms with Gasteiger partial charge in [0.25, 0.3) is 0 Å². The first-order chi connectivity index (χ1) is 11.4. The van der Waals surface area contributed by atoms with Gasteiger partial charge in [0.1, 0.15) is 0 Å². The van der Waals surface area contributed by atoms with Gasteiger partial charge in [-0.1, -0.05) is 30.7 Å². The Balaban J connectivity index is 1.77. The second-order valence-corrected chi connectivity index (χ2v) is 9.91. The first-order valence-corrected chi connectivity index (χ1v) is 11.0. The Morgan fingerprint density at radius 2 is 1.71 bits per heavy atom. The monoisotopic (exact) mass is 356 g/mol. The normalized spacial score (nSPS) is 19.1. The first kappa shape index (κ1) is 15.9. The molecule has 4 heteroatoms.